The summed E-state index contributed by atoms with van der Waals surface area (Å²) in [7, 11) is 0. The molecule has 0 aliphatic heterocycles. The largest absolute Gasteiger partial charge is 0.466 e. The quantitative estimate of drug-likeness (QED) is 0.0700. The van der Waals surface area contributed by atoms with Crippen LogP contribution in [0.15, 0.2) is 48.5 Å². The molecule has 0 aliphatic carbocycles. The number of esters is 4. The van der Waals surface area contributed by atoms with Crippen molar-refractivity contribution >= 4 is 23.9 Å². The molecule has 2 aromatic rings. The number of ether oxygens (including phenoxy) is 4. The molecule has 8 heteroatoms. The lowest BCUT2D eigenvalue weighted by Crippen LogP contribution is -2.07. The molecule has 0 bridgehead atoms. The van der Waals surface area contributed by atoms with E-state index in [0.29, 0.717) is 50.4 Å². The normalized spacial score (nSPS) is 10.7. The van der Waals surface area contributed by atoms with Gasteiger partial charge in [-0.3, -0.25) is 19.2 Å². The van der Waals surface area contributed by atoms with E-state index in [2.05, 4.69) is 0 Å². The van der Waals surface area contributed by atoms with E-state index in [9.17, 15) is 19.2 Å². The number of benzene rings is 2. The molecular formula is C36H50O8. The fourth-order valence-corrected chi connectivity index (χ4v) is 4.75. The number of rotatable bonds is 23. The Hall–Kier alpha value is -3.68. The monoisotopic (exact) mass is 610 g/mol. The van der Waals surface area contributed by atoms with Gasteiger partial charge in [-0.2, -0.15) is 0 Å². The van der Waals surface area contributed by atoms with Gasteiger partial charge in [-0.05, 0) is 74.9 Å². The second kappa shape index (κ2) is 22.8. The third kappa shape index (κ3) is 16.8. The third-order valence-corrected chi connectivity index (χ3v) is 7.14. The molecule has 0 N–H and O–H groups in total. The number of hydrogen-bond donors (Lipinski definition) is 0. The number of carbonyl (C=O) groups excluding carboxylic acids is 4. The van der Waals surface area contributed by atoms with Crippen molar-refractivity contribution in [2.45, 2.75) is 117 Å². The summed E-state index contributed by atoms with van der Waals surface area (Å²) in [6, 6.07) is 14.7. The van der Waals surface area contributed by atoms with E-state index in [0.717, 1.165) is 88.2 Å². The summed E-state index contributed by atoms with van der Waals surface area (Å²) in [5.41, 5.74) is 1.93. The molecule has 0 aromatic heterocycles. The maximum absolute atomic E-state index is 12.2. The Morgan fingerprint density at radius 2 is 0.682 bits per heavy atom. The van der Waals surface area contributed by atoms with Crippen LogP contribution in [0.4, 0.5) is 0 Å². The van der Waals surface area contributed by atoms with Gasteiger partial charge >= 0.3 is 23.9 Å². The van der Waals surface area contributed by atoms with Gasteiger partial charge in [0, 0.05) is 25.7 Å². The van der Waals surface area contributed by atoms with Crippen LogP contribution in [0.2, 0.25) is 0 Å². The van der Waals surface area contributed by atoms with Gasteiger partial charge in [0.25, 0.3) is 0 Å². The van der Waals surface area contributed by atoms with Crippen LogP contribution in [0.25, 0.3) is 11.1 Å². The van der Waals surface area contributed by atoms with Gasteiger partial charge in [-0.25, -0.2) is 0 Å². The van der Waals surface area contributed by atoms with E-state index in [4.69, 9.17) is 18.9 Å². The summed E-state index contributed by atoms with van der Waals surface area (Å²) in [6.45, 7) is 4.48. The minimum absolute atomic E-state index is 0.129. The SMILES string of the molecule is CCOC(=O)CCCCCCCCC(=O)Oc1ccc(-c2ccc(OC(=O)CCCCCCCCC(=O)OCC)cc2)cc1. The van der Waals surface area contributed by atoms with Gasteiger partial charge in [0.2, 0.25) is 0 Å². The van der Waals surface area contributed by atoms with Gasteiger partial charge < -0.3 is 18.9 Å². The summed E-state index contributed by atoms with van der Waals surface area (Å²) in [6.07, 6.45) is 13.0. The second-order valence-corrected chi connectivity index (χ2v) is 10.8. The predicted octanol–water partition coefficient (Wildman–Crippen LogP) is 8.53. The van der Waals surface area contributed by atoms with E-state index in [1.807, 2.05) is 38.1 Å². The highest BCUT2D eigenvalue weighted by Crippen LogP contribution is 2.25. The van der Waals surface area contributed by atoms with Crippen LogP contribution < -0.4 is 9.47 Å². The molecule has 44 heavy (non-hydrogen) atoms. The summed E-state index contributed by atoms with van der Waals surface area (Å²) >= 11 is 0. The highest BCUT2D eigenvalue weighted by molar-refractivity contribution is 5.74. The maximum atomic E-state index is 12.2. The first-order chi connectivity index (χ1) is 21.4. The van der Waals surface area contributed by atoms with Crippen molar-refractivity contribution in [1.82, 2.24) is 0 Å². The fourth-order valence-electron chi connectivity index (χ4n) is 4.75. The highest BCUT2D eigenvalue weighted by atomic mass is 16.5. The van der Waals surface area contributed by atoms with Crippen LogP contribution in [0.5, 0.6) is 11.5 Å². The minimum atomic E-state index is -0.239. The number of unbranched alkanes of at least 4 members (excludes halogenated alkanes) is 10. The number of hydrogen-bond acceptors (Lipinski definition) is 8. The Bertz CT molecular complexity index is 1020. The smallest absolute Gasteiger partial charge is 0.311 e. The van der Waals surface area contributed by atoms with Crippen LogP contribution in [0.1, 0.15) is 117 Å². The molecule has 0 atom stereocenters. The van der Waals surface area contributed by atoms with Gasteiger partial charge in [0.1, 0.15) is 11.5 Å². The van der Waals surface area contributed by atoms with Crippen LogP contribution in [-0.2, 0) is 28.7 Å². The molecule has 0 radical (unpaired) electrons. The molecule has 0 saturated heterocycles. The van der Waals surface area contributed by atoms with Crippen molar-refractivity contribution in [3.05, 3.63) is 48.5 Å². The topological polar surface area (TPSA) is 105 Å². The average molecular weight is 611 g/mol. The standard InChI is InChI=1S/C36H50O8/c1-3-41-33(37)17-13-9-5-7-11-15-19-35(39)43-31-25-21-29(22-26-31)30-23-27-32(28-24-30)44-36(40)20-16-12-8-6-10-14-18-34(38)42-4-2/h21-28H,3-20H2,1-2H3. The molecule has 242 valence electrons. The molecule has 2 rings (SSSR count). The van der Waals surface area contributed by atoms with E-state index < -0.39 is 0 Å². The zero-order valence-corrected chi connectivity index (χ0v) is 26.6. The fraction of sp³-hybridized carbons (Fsp3) is 0.556. The maximum Gasteiger partial charge on any atom is 0.311 e. The lowest BCUT2D eigenvalue weighted by Gasteiger charge is -2.08. The van der Waals surface area contributed by atoms with Crippen molar-refractivity contribution < 1.29 is 38.1 Å². The molecule has 2 aromatic carbocycles. The first-order valence-electron chi connectivity index (χ1n) is 16.3. The molecule has 0 spiro atoms. The summed E-state index contributed by atoms with van der Waals surface area (Å²) in [4.78, 5) is 47.1. The van der Waals surface area contributed by atoms with Gasteiger partial charge in [0.15, 0.2) is 0 Å². The van der Waals surface area contributed by atoms with Gasteiger partial charge in [0.05, 0.1) is 13.2 Å². The van der Waals surface area contributed by atoms with E-state index in [1.54, 1.807) is 24.3 Å². The Balaban J connectivity index is 1.58. The molecular weight excluding hydrogens is 560 g/mol. The van der Waals surface area contributed by atoms with E-state index in [1.165, 1.54) is 0 Å². The molecule has 0 saturated carbocycles. The summed E-state index contributed by atoms with van der Waals surface area (Å²) in [5.74, 6) is 0.292. The summed E-state index contributed by atoms with van der Waals surface area (Å²) < 4.78 is 20.8. The molecule has 0 aliphatic rings. The first-order valence-corrected chi connectivity index (χ1v) is 16.3. The second-order valence-electron chi connectivity index (χ2n) is 10.8. The molecule has 0 amide bonds. The first kappa shape index (κ1) is 36.5. The Morgan fingerprint density at radius 3 is 0.977 bits per heavy atom. The molecule has 0 fully saturated rings. The molecule has 0 unspecified atom stereocenters. The Kier molecular flexibility index (Phi) is 18.9. The van der Waals surface area contributed by atoms with Crippen LogP contribution >= 0.6 is 0 Å². The molecule has 8 nitrogen and oxygen atoms in total. The predicted molar refractivity (Wildman–Crippen MR) is 170 cm³/mol. The van der Waals surface area contributed by atoms with E-state index in [-0.39, 0.29) is 23.9 Å². The minimum Gasteiger partial charge on any atom is -0.466 e. The van der Waals surface area contributed by atoms with Crippen molar-refractivity contribution in [2.24, 2.45) is 0 Å². The van der Waals surface area contributed by atoms with Gasteiger partial charge in [-0.15, -0.1) is 0 Å². The van der Waals surface area contributed by atoms with Crippen LogP contribution in [0.3, 0.4) is 0 Å². The van der Waals surface area contributed by atoms with Crippen LogP contribution in [0, 0.1) is 0 Å². The zero-order valence-electron chi connectivity index (χ0n) is 26.6. The van der Waals surface area contributed by atoms with Crippen molar-refractivity contribution in [1.29, 1.82) is 0 Å². The highest BCUT2D eigenvalue weighted by Gasteiger charge is 2.08. The molecule has 0 heterocycles. The third-order valence-electron chi connectivity index (χ3n) is 7.14. The van der Waals surface area contributed by atoms with Crippen molar-refractivity contribution in [2.75, 3.05) is 13.2 Å². The zero-order chi connectivity index (χ0) is 31.8. The lowest BCUT2D eigenvalue weighted by atomic mass is 10.1. The Labute approximate surface area is 262 Å². The van der Waals surface area contributed by atoms with E-state index >= 15 is 0 Å². The average Bonchev–Trinajstić information content (AvgIpc) is 3.01. The van der Waals surface area contributed by atoms with Crippen molar-refractivity contribution in [3.8, 4) is 22.6 Å². The van der Waals surface area contributed by atoms with Gasteiger partial charge in [-0.1, -0.05) is 75.6 Å². The van der Waals surface area contributed by atoms with Crippen LogP contribution in [-0.4, -0.2) is 37.1 Å². The summed E-state index contributed by atoms with van der Waals surface area (Å²) in [5, 5.41) is 0. The van der Waals surface area contributed by atoms with Crippen molar-refractivity contribution in [3.63, 3.8) is 0 Å². The Morgan fingerprint density at radius 1 is 0.409 bits per heavy atom. The number of carbonyl (C=O) groups is 4. The lowest BCUT2D eigenvalue weighted by molar-refractivity contribution is -0.144.